The Morgan fingerprint density at radius 2 is 1.82 bits per heavy atom. The second kappa shape index (κ2) is 5.48. The summed E-state index contributed by atoms with van der Waals surface area (Å²) in [6.45, 7) is 4.61. The van der Waals surface area contributed by atoms with Crippen molar-refractivity contribution < 1.29 is 19.1 Å². The SMILES string of the molecule is COc1cc(C(C)=O)ccc1O[C@@H](C)C(C)=O. The molecule has 0 aliphatic carbocycles. The van der Waals surface area contributed by atoms with Crippen LogP contribution in [0.1, 0.15) is 31.1 Å². The molecule has 0 amide bonds. The predicted octanol–water partition coefficient (Wildman–Crippen LogP) is 2.25. The summed E-state index contributed by atoms with van der Waals surface area (Å²) < 4.78 is 10.6. The smallest absolute Gasteiger partial charge is 0.169 e. The average molecular weight is 236 g/mol. The molecule has 0 aromatic heterocycles. The maximum atomic E-state index is 11.2. The normalized spacial score (nSPS) is 11.8. The van der Waals surface area contributed by atoms with E-state index in [2.05, 4.69) is 0 Å². The maximum absolute atomic E-state index is 11.2. The molecule has 0 bridgehead atoms. The van der Waals surface area contributed by atoms with E-state index in [0.29, 0.717) is 17.1 Å². The molecule has 4 heteroatoms. The van der Waals surface area contributed by atoms with Crippen molar-refractivity contribution in [2.45, 2.75) is 26.9 Å². The van der Waals surface area contributed by atoms with Crippen LogP contribution in [0.25, 0.3) is 0 Å². The zero-order chi connectivity index (χ0) is 13.0. The molecule has 1 aromatic rings. The Bertz CT molecular complexity index is 437. The molecule has 0 aliphatic heterocycles. The highest BCUT2D eigenvalue weighted by molar-refractivity contribution is 5.94. The summed E-state index contributed by atoms with van der Waals surface area (Å²) in [5.74, 6) is 0.795. The van der Waals surface area contributed by atoms with Crippen molar-refractivity contribution in [2.75, 3.05) is 7.11 Å². The Hall–Kier alpha value is -1.84. The number of ketones is 2. The Kier molecular flexibility index (Phi) is 4.26. The monoisotopic (exact) mass is 236 g/mol. The van der Waals surface area contributed by atoms with Gasteiger partial charge in [-0.3, -0.25) is 9.59 Å². The number of benzene rings is 1. The van der Waals surface area contributed by atoms with E-state index in [-0.39, 0.29) is 11.6 Å². The number of carbonyl (C=O) groups excluding carboxylic acids is 2. The largest absolute Gasteiger partial charge is 0.493 e. The van der Waals surface area contributed by atoms with Gasteiger partial charge in [0, 0.05) is 5.56 Å². The summed E-state index contributed by atoms with van der Waals surface area (Å²) in [4.78, 5) is 22.3. The number of hydrogen-bond donors (Lipinski definition) is 0. The quantitative estimate of drug-likeness (QED) is 0.736. The minimum atomic E-state index is -0.535. The summed E-state index contributed by atoms with van der Waals surface area (Å²) in [7, 11) is 1.49. The van der Waals surface area contributed by atoms with Gasteiger partial charge in [-0.25, -0.2) is 0 Å². The van der Waals surface area contributed by atoms with Gasteiger partial charge in [-0.15, -0.1) is 0 Å². The summed E-state index contributed by atoms with van der Waals surface area (Å²) >= 11 is 0. The van der Waals surface area contributed by atoms with Crippen molar-refractivity contribution >= 4 is 11.6 Å². The van der Waals surface area contributed by atoms with Crippen molar-refractivity contribution in [1.82, 2.24) is 0 Å². The molecule has 4 nitrogen and oxygen atoms in total. The first kappa shape index (κ1) is 13.2. The predicted molar refractivity (Wildman–Crippen MR) is 63.8 cm³/mol. The lowest BCUT2D eigenvalue weighted by Crippen LogP contribution is -2.21. The number of Topliss-reactive ketones (excluding diaryl/α,β-unsaturated/α-hetero) is 2. The first-order chi connectivity index (χ1) is 7.95. The first-order valence-electron chi connectivity index (χ1n) is 5.31. The van der Waals surface area contributed by atoms with E-state index in [1.54, 1.807) is 25.1 Å². The van der Waals surface area contributed by atoms with E-state index in [9.17, 15) is 9.59 Å². The highest BCUT2D eigenvalue weighted by Gasteiger charge is 2.14. The van der Waals surface area contributed by atoms with E-state index in [0.717, 1.165) is 0 Å². The third kappa shape index (κ3) is 3.31. The van der Waals surface area contributed by atoms with E-state index in [1.165, 1.54) is 21.0 Å². The maximum Gasteiger partial charge on any atom is 0.169 e. The van der Waals surface area contributed by atoms with Gasteiger partial charge in [0.25, 0.3) is 0 Å². The molecule has 1 rings (SSSR count). The molecular formula is C13H16O4. The zero-order valence-electron chi connectivity index (χ0n) is 10.4. The third-order valence-electron chi connectivity index (χ3n) is 2.45. The first-order valence-corrected chi connectivity index (χ1v) is 5.31. The zero-order valence-corrected chi connectivity index (χ0v) is 10.4. The van der Waals surface area contributed by atoms with E-state index in [4.69, 9.17) is 9.47 Å². The van der Waals surface area contributed by atoms with Crippen LogP contribution in [0, 0.1) is 0 Å². The highest BCUT2D eigenvalue weighted by Crippen LogP contribution is 2.29. The van der Waals surface area contributed by atoms with Crippen LogP contribution >= 0.6 is 0 Å². The Labute approximate surface area is 101 Å². The van der Waals surface area contributed by atoms with Gasteiger partial charge in [-0.05, 0) is 39.0 Å². The lowest BCUT2D eigenvalue weighted by atomic mass is 10.1. The van der Waals surface area contributed by atoms with Crippen molar-refractivity contribution in [1.29, 1.82) is 0 Å². The van der Waals surface area contributed by atoms with Gasteiger partial charge in [-0.1, -0.05) is 0 Å². The van der Waals surface area contributed by atoms with Gasteiger partial charge in [0.2, 0.25) is 0 Å². The fourth-order valence-electron chi connectivity index (χ4n) is 1.26. The van der Waals surface area contributed by atoms with Crippen molar-refractivity contribution in [3.63, 3.8) is 0 Å². The van der Waals surface area contributed by atoms with Crippen LogP contribution in [-0.2, 0) is 4.79 Å². The molecule has 0 spiro atoms. The standard InChI is InChI=1S/C13H16O4/c1-8(14)10(3)17-12-6-5-11(9(2)15)7-13(12)16-4/h5-7,10H,1-4H3/t10-/m0/s1. The number of rotatable bonds is 5. The molecule has 0 radical (unpaired) electrons. The lowest BCUT2D eigenvalue weighted by Gasteiger charge is -2.15. The Morgan fingerprint density at radius 3 is 2.29 bits per heavy atom. The second-order valence-electron chi connectivity index (χ2n) is 3.79. The van der Waals surface area contributed by atoms with Crippen LogP contribution in [0.5, 0.6) is 11.5 Å². The Morgan fingerprint density at radius 1 is 1.18 bits per heavy atom. The summed E-state index contributed by atoms with van der Waals surface area (Å²) in [5, 5.41) is 0. The number of ether oxygens (including phenoxy) is 2. The fraction of sp³-hybridized carbons (Fsp3) is 0.385. The minimum absolute atomic E-state index is 0.0468. The van der Waals surface area contributed by atoms with Gasteiger partial charge in [0.05, 0.1) is 7.11 Å². The van der Waals surface area contributed by atoms with Crippen LogP contribution in [0.4, 0.5) is 0 Å². The lowest BCUT2D eigenvalue weighted by molar-refractivity contribution is -0.122. The average Bonchev–Trinajstić information content (AvgIpc) is 2.28. The summed E-state index contributed by atoms with van der Waals surface area (Å²) in [6.07, 6.45) is -0.535. The molecule has 0 heterocycles. The van der Waals surface area contributed by atoms with Crippen molar-refractivity contribution in [3.8, 4) is 11.5 Å². The van der Waals surface area contributed by atoms with E-state index < -0.39 is 6.10 Å². The molecule has 0 N–H and O–H groups in total. The second-order valence-corrected chi connectivity index (χ2v) is 3.79. The van der Waals surface area contributed by atoms with Crippen molar-refractivity contribution in [2.24, 2.45) is 0 Å². The number of methoxy groups -OCH3 is 1. The summed E-state index contributed by atoms with van der Waals surface area (Å²) in [6, 6.07) is 4.88. The molecule has 1 atom stereocenters. The molecule has 0 unspecified atom stereocenters. The van der Waals surface area contributed by atoms with Crippen LogP contribution in [0.2, 0.25) is 0 Å². The molecule has 0 saturated carbocycles. The van der Waals surface area contributed by atoms with Gasteiger partial charge in [-0.2, -0.15) is 0 Å². The van der Waals surface area contributed by atoms with Crippen LogP contribution in [-0.4, -0.2) is 24.8 Å². The molecule has 0 aliphatic rings. The third-order valence-corrected chi connectivity index (χ3v) is 2.45. The molecule has 92 valence electrons. The fourth-order valence-corrected chi connectivity index (χ4v) is 1.26. The molecule has 0 saturated heterocycles. The molecule has 0 fully saturated rings. The number of hydrogen-bond acceptors (Lipinski definition) is 4. The van der Waals surface area contributed by atoms with Gasteiger partial charge >= 0.3 is 0 Å². The molecule has 17 heavy (non-hydrogen) atoms. The highest BCUT2D eigenvalue weighted by atomic mass is 16.5. The van der Waals surface area contributed by atoms with Gasteiger partial charge in [0.15, 0.2) is 29.2 Å². The van der Waals surface area contributed by atoms with Crippen LogP contribution in [0.3, 0.4) is 0 Å². The summed E-state index contributed by atoms with van der Waals surface area (Å²) in [5.41, 5.74) is 0.546. The van der Waals surface area contributed by atoms with E-state index >= 15 is 0 Å². The topological polar surface area (TPSA) is 52.6 Å². The van der Waals surface area contributed by atoms with Gasteiger partial charge < -0.3 is 9.47 Å². The van der Waals surface area contributed by atoms with Crippen LogP contribution in [0.15, 0.2) is 18.2 Å². The van der Waals surface area contributed by atoms with Gasteiger partial charge in [0.1, 0.15) is 0 Å². The van der Waals surface area contributed by atoms with Crippen LogP contribution < -0.4 is 9.47 Å². The molecule has 1 aromatic carbocycles. The minimum Gasteiger partial charge on any atom is -0.493 e. The molecular weight excluding hydrogens is 220 g/mol. The van der Waals surface area contributed by atoms with Crippen molar-refractivity contribution in [3.05, 3.63) is 23.8 Å². The number of carbonyl (C=O) groups is 2. The van der Waals surface area contributed by atoms with E-state index in [1.807, 2.05) is 0 Å². The Balaban J connectivity index is 3.00.